The summed E-state index contributed by atoms with van der Waals surface area (Å²) in [7, 11) is -0.659. The summed E-state index contributed by atoms with van der Waals surface area (Å²) in [5.74, 6) is 1.69. The number of carbonyl (C=O) groups excluding carboxylic acids is 2. The molecule has 1 spiro atoms. The van der Waals surface area contributed by atoms with Crippen molar-refractivity contribution >= 4 is 22.6 Å². The standard InChI is InChI=1S/C36H42FN5O4S/c1-23(2)31-9-10-32(40-39-31)24-5-7-28(8-6-24)46-33-17-29(30(37)16-25(33)20-41-13-3-4-34(41)43)35(44)38-26-18-36(19-26)21-42(22-36)27-11-14-47(45)15-12-27/h5-10,16-17,23,26-27H,3-4,11-15,18-22H2,1-2H3,(H,38,44). The van der Waals surface area contributed by atoms with Crippen LogP contribution in [0.2, 0.25) is 0 Å². The summed E-state index contributed by atoms with van der Waals surface area (Å²) in [5.41, 5.74) is 3.22. The number of amides is 2. The van der Waals surface area contributed by atoms with Crippen LogP contribution >= 0.6 is 0 Å². The largest absolute Gasteiger partial charge is 0.457 e. The van der Waals surface area contributed by atoms with Gasteiger partial charge in [-0.05, 0) is 92.0 Å². The number of ether oxygens (including phenoxy) is 1. The smallest absolute Gasteiger partial charge is 0.254 e. The second-order valence-corrected chi connectivity index (χ2v) is 15.7. The zero-order chi connectivity index (χ0) is 32.7. The molecule has 1 aliphatic carbocycles. The molecule has 3 aliphatic heterocycles. The molecule has 2 amide bonds. The second kappa shape index (κ2) is 13.1. The van der Waals surface area contributed by atoms with Gasteiger partial charge >= 0.3 is 0 Å². The maximum Gasteiger partial charge on any atom is 0.254 e. The molecule has 2 aromatic carbocycles. The predicted molar refractivity (Wildman–Crippen MR) is 178 cm³/mol. The first-order valence-electron chi connectivity index (χ1n) is 16.8. The van der Waals surface area contributed by atoms with Crippen LogP contribution in [0.4, 0.5) is 4.39 Å². The molecule has 4 fully saturated rings. The van der Waals surface area contributed by atoms with E-state index in [9.17, 15) is 13.8 Å². The van der Waals surface area contributed by atoms with E-state index in [4.69, 9.17) is 4.74 Å². The molecule has 11 heteroatoms. The number of nitrogens with zero attached hydrogens (tertiary/aromatic N) is 4. The fourth-order valence-corrected chi connectivity index (χ4v) is 8.79. The first-order valence-corrected chi connectivity index (χ1v) is 18.3. The number of likely N-dealkylation sites (tertiary alicyclic amines) is 2. The van der Waals surface area contributed by atoms with Gasteiger partial charge in [-0.15, -0.1) is 0 Å². The van der Waals surface area contributed by atoms with E-state index in [1.165, 1.54) is 12.1 Å². The van der Waals surface area contributed by atoms with Gasteiger partial charge in [0.2, 0.25) is 5.91 Å². The summed E-state index contributed by atoms with van der Waals surface area (Å²) >= 11 is 0. The molecule has 248 valence electrons. The van der Waals surface area contributed by atoms with Gasteiger partial charge in [0.05, 0.1) is 17.0 Å². The van der Waals surface area contributed by atoms with Gasteiger partial charge in [0.25, 0.3) is 5.91 Å². The Morgan fingerprint density at radius 2 is 1.83 bits per heavy atom. The number of halogens is 1. The monoisotopic (exact) mass is 659 g/mol. The number of nitrogens with one attached hydrogen (secondary N) is 1. The van der Waals surface area contributed by atoms with Gasteiger partial charge in [-0.3, -0.25) is 18.7 Å². The number of hydrogen-bond donors (Lipinski definition) is 1. The fraction of sp³-hybridized carbons (Fsp3) is 0.500. The molecule has 7 rings (SSSR count). The minimum atomic E-state index is -0.659. The summed E-state index contributed by atoms with van der Waals surface area (Å²) in [6.45, 7) is 6.99. The van der Waals surface area contributed by atoms with E-state index in [1.807, 2.05) is 36.4 Å². The highest BCUT2D eigenvalue weighted by Gasteiger charge is 2.54. The van der Waals surface area contributed by atoms with Gasteiger partial charge < -0.3 is 15.0 Å². The Bertz CT molecular complexity index is 1660. The van der Waals surface area contributed by atoms with Crippen molar-refractivity contribution in [3.8, 4) is 22.8 Å². The fourth-order valence-electron chi connectivity index (χ4n) is 7.52. The number of rotatable bonds is 9. The summed E-state index contributed by atoms with van der Waals surface area (Å²) < 4.78 is 33.5. The van der Waals surface area contributed by atoms with Crippen LogP contribution in [0.1, 0.15) is 79.9 Å². The van der Waals surface area contributed by atoms with Crippen LogP contribution in [0, 0.1) is 11.2 Å². The molecular weight excluding hydrogens is 617 g/mol. The molecular formula is C36H42FN5O4S. The van der Waals surface area contributed by atoms with Gasteiger partial charge in [0.1, 0.15) is 17.3 Å². The van der Waals surface area contributed by atoms with Crippen LogP contribution < -0.4 is 10.1 Å². The van der Waals surface area contributed by atoms with Crippen molar-refractivity contribution < 1.29 is 22.9 Å². The number of aromatic nitrogens is 2. The van der Waals surface area contributed by atoms with E-state index in [0.717, 1.165) is 73.7 Å². The van der Waals surface area contributed by atoms with Crippen LogP contribution in [-0.2, 0) is 22.1 Å². The lowest BCUT2D eigenvalue weighted by molar-refractivity contribution is -0.128. The highest BCUT2D eigenvalue weighted by molar-refractivity contribution is 7.85. The topological polar surface area (TPSA) is 105 Å². The molecule has 0 radical (unpaired) electrons. The van der Waals surface area contributed by atoms with Gasteiger partial charge in [-0.2, -0.15) is 10.2 Å². The average molecular weight is 660 g/mol. The van der Waals surface area contributed by atoms with Crippen molar-refractivity contribution in [2.45, 2.75) is 76.9 Å². The van der Waals surface area contributed by atoms with E-state index < -0.39 is 22.5 Å². The molecule has 0 atom stereocenters. The maximum absolute atomic E-state index is 15.5. The van der Waals surface area contributed by atoms with E-state index >= 15 is 4.39 Å². The molecule has 4 heterocycles. The van der Waals surface area contributed by atoms with Crippen molar-refractivity contribution in [1.29, 1.82) is 0 Å². The summed E-state index contributed by atoms with van der Waals surface area (Å²) in [5, 5.41) is 11.7. The van der Waals surface area contributed by atoms with Crippen LogP contribution in [0.5, 0.6) is 11.5 Å². The Labute approximate surface area is 277 Å². The van der Waals surface area contributed by atoms with E-state index in [-0.39, 0.29) is 29.5 Å². The minimum absolute atomic E-state index is 0.000534. The van der Waals surface area contributed by atoms with Crippen molar-refractivity contribution in [2.24, 2.45) is 5.41 Å². The van der Waals surface area contributed by atoms with Gasteiger partial charge in [-0.25, -0.2) is 4.39 Å². The Morgan fingerprint density at radius 1 is 1.09 bits per heavy atom. The summed E-state index contributed by atoms with van der Waals surface area (Å²) in [6, 6.07) is 14.6. The predicted octanol–water partition coefficient (Wildman–Crippen LogP) is 5.43. The van der Waals surface area contributed by atoms with Crippen molar-refractivity contribution in [3.05, 3.63) is 71.2 Å². The van der Waals surface area contributed by atoms with Gasteiger partial charge in [-0.1, -0.05) is 13.8 Å². The highest BCUT2D eigenvalue weighted by atomic mass is 32.2. The van der Waals surface area contributed by atoms with Gasteiger partial charge in [0.15, 0.2) is 0 Å². The van der Waals surface area contributed by atoms with Gasteiger partial charge in [0, 0.05) is 78.1 Å². The SMILES string of the molecule is CC(C)c1ccc(-c2ccc(Oc3cc(C(=O)NC4CC5(C4)CN(C4CCS(=O)CC4)C5)c(F)cc3CN3CCCC3=O)cc2)nn1. The van der Waals surface area contributed by atoms with Crippen molar-refractivity contribution in [3.63, 3.8) is 0 Å². The van der Waals surface area contributed by atoms with E-state index in [0.29, 0.717) is 42.0 Å². The van der Waals surface area contributed by atoms with Crippen LogP contribution in [-0.4, -0.2) is 79.2 Å². The minimum Gasteiger partial charge on any atom is -0.457 e. The quantitative estimate of drug-likeness (QED) is 0.327. The first-order chi connectivity index (χ1) is 22.6. The third-order valence-electron chi connectivity index (χ3n) is 10.2. The molecule has 9 nitrogen and oxygen atoms in total. The molecule has 4 aliphatic rings. The summed E-state index contributed by atoms with van der Waals surface area (Å²) in [6.07, 6.45) is 5.00. The molecule has 47 heavy (non-hydrogen) atoms. The third-order valence-corrected chi connectivity index (χ3v) is 11.6. The number of carbonyl (C=O) groups is 2. The maximum atomic E-state index is 15.5. The lowest BCUT2D eigenvalue weighted by Crippen LogP contribution is -2.68. The molecule has 1 N–H and O–H groups in total. The van der Waals surface area contributed by atoms with E-state index in [2.05, 4.69) is 34.3 Å². The van der Waals surface area contributed by atoms with Crippen LogP contribution in [0.25, 0.3) is 11.3 Å². The highest BCUT2D eigenvalue weighted by Crippen LogP contribution is 2.50. The zero-order valence-corrected chi connectivity index (χ0v) is 27.9. The Balaban J connectivity index is 1.03. The second-order valence-electron chi connectivity index (χ2n) is 14.0. The first kappa shape index (κ1) is 31.9. The van der Waals surface area contributed by atoms with E-state index in [1.54, 1.807) is 4.90 Å². The Hall–Kier alpha value is -3.70. The molecule has 3 aromatic rings. The number of benzene rings is 2. The molecule has 0 bridgehead atoms. The zero-order valence-electron chi connectivity index (χ0n) is 27.0. The lowest BCUT2D eigenvalue weighted by atomic mass is 9.60. The normalized spacial score (nSPS) is 22.7. The summed E-state index contributed by atoms with van der Waals surface area (Å²) in [4.78, 5) is 30.0. The Kier molecular flexibility index (Phi) is 8.86. The molecule has 1 saturated carbocycles. The van der Waals surface area contributed by atoms with Crippen molar-refractivity contribution in [1.82, 2.24) is 25.3 Å². The third kappa shape index (κ3) is 6.83. The molecule has 1 aromatic heterocycles. The number of hydrogen-bond acceptors (Lipinski definition) is 7. The van der Waals surface area contributed by atoms with Crippen molar-refractivity contribution in [2.75, 3.05) is 31.1 Å². The average Bonchev–Trinajstić information content (AvgIpc) is 3.43. The Morgan fingerprint density at radius 3 is 2.47 bits per heavy atom. The van der Waals surface area contributed by atoms with Crippen LogP contribution in [0.15, 0.2) is 48.5 Å². The lowest BCUT2D eigenvalue weighted by Gasteiger charge is -2.61. The van der Waals surface area contributed by atoms with Crippen LogP contribution in [0.3, 0.4) is 0 Å². The molecule has 3 saturated heterocycles. The molecule has 0 unspecified atom stereocenters.